The summed E-state index contributed by atoms with van der Waals surface area (Å²) in [5, 5.41) is 0. The van der Waals surface area contributed by atoms with Gasteiger partial charge < -0.3 is 9.80 Å². The molecule has 1 fully saturated rings. The number of carbonyl (C=O) groups is 2. The zero-order chi connectivity index (χ0) is 23.3. The molecule has 3 aromatic rings. The van der Waals surface area contributed by atoms with Crippen molar-refractivity contribution in [3.63, 3.8) is 0 Å². The van der Waals surface area contributed by atoms with E-state index >= 15 is 0 Å². The maximum atomic E-state index is 13.3. The van der Waals surface area contributed by atoms with E-state index in [0.717, 1.165) is 11.3 Å². The molecule has 2 amide bonds. The van der Waals surface area contributed by atoms with Gasteiger partial charge in [0.15, 0.2) is 0 Å². The van der Waals surface area contributed by atoms with Crippen molar-refractivity contribution >= 4 is 11.8 Å². The molecule has 0 saturated carbocycles. The summed E-state index contributed by atoms with van der Waals surface area (Å²) in [7, 11) is 3.64. The van der Waals surface area contributed by atoms with Gasteiger partial charge in [-0.2, -0.15) is 0 Å². The summed E-state index contributed by atoms with van der Waals surface area (Å²) >= 11 is 0. The molecule has 0 bridgehead atoms. The van der Waals surface area contributed by atoms with E-state index in [4.69, 9.17) is 0 Å². The summed E-state index contributed by atoms with van der Waals surface area (Å²) in [6, 6.07) is 24.4. The van der Waals surface area contributed by atoms with Crippen molar-refractivity contribution in [1.82, 2.24) is 14.8 Å². The van der Waals surface area contributed by atoms with Crippen molar-refractivity contribution < 1.29 is 9.59 Å². The lowest BCUT2D eigenvalue weighted by Crippen LogP contribution is -2.51. The van der Waals surface area contributed by atoms with Crippen molar-refractivity contribution in [3.8, 4) is 11.1 Å². The largest absolute Gasteiger partial charge is 0.348 e. The fraction of sp³-hybridized carbons (Fsp3) is 0.321. The lowest BCUT2D eigenvalue weighted by atomic mass is 9.72. The molecule has 5 heteroatoms. The molecule has 2 heterocycles. The summed E-state index contributed by atoms with van der Waals surface area (Å²) < 4.78 is 0. The number of nitrogens with zero attached hydrogens (tertiary/aromatic N) is 3. The molecule has 0 aliphatic carbocycles. The number of hydrogen-bond acceptors (Lipinski definition) is 3. The summed E-state index contributed by atoms with van der Waals surface area (Å²) in [5.74, 6) is 0.221. The molecule has 1 aliphatic rings. The van der Waals surface area contributed by atoms with Gasteiger partial charge >= 0.3 is 0 Å². The molecular weight excluding hydrogens is 410 g/mol. The van der Waals surface area contributed by atoms with Crippen LogP contribution in [0.2, 0.25) is 0 Å². The van der Waals surface area contributed by atoms with Gasteiger partial charge in [0.1, 0.15) is 0 Å². The van der Waals surface area contributed by atoms with E-state index in [2.05, 4.69) is 41.4 Å². The van der Waals surface area contributed by atoms with Crippen molar-refractivity contribution in [2.45, 2.75) is 25.7 Å². The van der Waals surface area contributed by atoms with Crippen LogP contribution in [-0.2, 0) is 22.4 Å². The van der Waals surface area contributed by atoms with Gasteiger partial charge in [-0.1, -0.05) is 60.7 Å². The molecule has 1 aromatic heterocycles. The molecule has 2 aromatic carbocycles. The van der Waals surface area contributed by atoms with Crippen molar-refractivity contribution in [1.29, 1.82) is 0 Å². The maximum absolute atomic E-state index is 13.3. The minimum absolute atomic E-state index is 0.0758. The van der Waals surface area contributed by atoms with E-state index in [9.17, 15) is 9.59 Å². The molecule has 0 atom stereocenters. The average molecular weight is 442 g/mol. The number of carbonyl (C=O) groups excluding carboxylic acids is 2. The third-order valence-electron chi connectivity index (χ3n) is 6.60. The van der Waals surface area contributed by atoms with E-state index in [1.165, 1.54) is 11.1 Å². The average Bonchev–Trinajstić information content (AvgIpc) is 2.85. The molecule has 1 saturated heterocycles. The molecule has 0 radical (unpaired) electrons. The van der Waals surface area contributed by atoms with Crippen molar-refractivity contribution in [2.75, 3.05) is 27.2 Å². The molecule has 33 heavy (non-hydrogen) atoms. The van der Waals surface area contributed by atoms with Crippen LogP contribution in [0.1, 0.15) is 24.1 Å². The lowest BCUT2D eigenvalue weighted by Gasteiger charge is -2.42. The number of hydrogen-bond donors (Lipinski definition) is 0. The van der Waals surface area contributed by atoms with E-state index in [-0.39, 0.29) is 11.8 Å². The normalized spacial score (nSPS) is 15.2. The number of benzene rings is 2. The minimum atomic E-state index is -0.487. The zero-order valence-electron chi connectivity index (χ0n) is 19.4. The number of pyridine rings is 1. The first-order valence-electron chi connectivity index (χ1n) is 11.5. The van der Waals surface area contributed by atoms with E-state index in [0.29, 0.717) is 38.8 Å². The maximum Gasteiger partial charge on any atom is 0.228 e. The van der Waals surface area contributed by atoms with Gasteiger partial charge in [0.25, 0.3) is 0 Å². The van der Waals surface area contributed by atoms with E-state index < -0.39 is 5.41 Å². The fourth-order valence-electron chi connectivity index (χ4n) is 4.73. The predicted molar refractivity (Wildman–Crippen MR) is 130 cm³/mol. The molecule has 1 aliphatic heterocycles. The first-order valence-corrected chi connectivity index (χ1v) is 11.5. The number of rotatable bonds is 6. The second kappa shape index (κ2) is 9.99. The molecule has 4 rings (SSSR count). The Kier molecular flexibility index (Phi) is 6.87. The van der Waals surface area contributed by atoms with Crippen LogP contribution in [-0.4, -0.2) is 53.8 Å². The van der Waals surface area contributed by atoms with Crippen LogP contribution in [0.5, 0.6) is 0 Å². The van der Waals surface area contributed by atoms with Gasteiger partial charge in [0.05, 0.1) is 11.8 Å². The molecule has 170 valence electrons. The zero-order valence-corrected chi connectivity index (χ0v) is 19.4. The third-order valence-corrected chi connectivity index (χ3v) is 6.60. The van der Waals surface area contributed by atoms with E-state index in [1.807, 2.05) is 55.4 Å². The number of amides is 2. The number of piperidine rings is 1. The summed E-state index contributed by atoms with van der Waals surface area (Å²) in [6.45, 7) is 1.18. The van der Waals surface area contributed by atoms with Crippen LogP contribution in [0.4, 0.5) is 0 Å². The standard InChI is InChI=1S/C28H31N3O2/c1-30(2)27(33)28(21-22-11-13-24(14-12-22)23-8-4-3-5-9-23)15-18-31(19-16-28)26(32)20-25-10-6-7-17-29-25/h3-14,17H,15-16,18-21H2,1-2H3. The van der Waals surface area contributed by atoms with Gasteiger partial charge in [-0.15, -0.1) is 0 Å². The van der Waals surface area contributed by atoms with Gasteiger partial charge in [-0.3, -0.25) is 14.6 Å². The Hall–Kier alpha value is -3.47. The molecular formula is C28H31N3O2. The smallest absolute Gasteiger partial charge is 0.228 e. The van der Waals surface area contributed by atoms with Crippen molar-refractivity contribution in [3.05, 3.63) is 90.3 Å². The Morgan fingerprint density at radius 1 is 0.879 bits per heavy atom. The Balaban J connectivity index is 1.46. The Labute approximate surface area is 196 Å². The Morgan fingerprint density at radius 3 is 2.12 bits per heavy atom. The highest BCUT2D eigenvalue weighted by atomic mass is 16.2. The van der Waals surface area contributed by atoms with E-state index in [1.54, 1.807) is 11.1 Å². The molecule has 0 unspecified atom stereocenters. The van der Waals surface area contributed by atoms with Gasteiger partial charge in [-0.25, -0.2) is 0 Å². The second-order valence-corrected chi connectivity index (χ2v) is 9.10. The van der Waals surface area contributed by atoms with Gasteiger partial charge in [0.2, 0.25) is 11.8 Å². The molecule has 0 spiro atoms. The highest BCUT2D eigenvalue weighted by Crippen LogP contribution is 2.37. The second-order valence-electron chi connectivity index (χ2n) is 9.10. The monoisotopic (exact) mass is 441 g/mol. The van der Waals surface area contributed by atoms with Crippen LogP contribution < -0.4 is 0 Å². The first-order chi connectivity index (χ1) is 16.0. The predicted octanol–water partition coefficient (Wildman–Crippen LogP) is 4.23. The highest BCUT2D eigenvalue weighted by molar-refractivity contribution is 5.84. The Morgan fingerprint density at radius 2 is 1.52 bits per heavy atom. The molecule has 5 nitrogen and oxygen atoms in total. The van der Waals surface area contributed by atoms with Crippen LogP contribution in [0.15, 0.2) is 79.0 Å². The summed E-state index contributed by atoms with van der Waals surface area (Å²) in [4.78, 5) is 33.9. The van der Waals surface area contributed by atoms with Crippen LogP contribution in [0.25, 0.3) is 11.1 Å². The van der Waals surface area contributed by atoms with Crippen LogP contribution in [0.3, 0.4) is 0 Å². The third kappa shape index (κ3) is 5.30. The molecule has 0 N–H and O–H groups in total. The van der Waals surface area contributed by atoms with Crippen LogP contribution in [0, 0.1) is 5.41 Å². The van der Waals surface area contributed by atoms with Gasteiger partial charge in [0, 0.05) is 39.1 Å². The van der Waals surface area contributed by atoms with Crippen LogP contribution >= 0.6 is 0 Å². The number of likely N-dealkylation sites (tertiary alicyclic amines) is 1. The SMILES string of the molecule is CN(C)C(=O)C1(Cc2ccc(-c3ccccc3)cc2)CCN(C(=O)Cc2ccccn2)CC1. The minimum Gasteiger partial charge on any atom is -0.348 e. The summed E-state index contributed by atoms with van der Waals surface area (Å²) in [6.07, 6.45) is 4.03. The Bertz CT molecular complexity index is 1070. The van der Waals surface area contributed by atoms with Gasteiger partial charge in [-0.05, 0) is 48.1 Å². The topological polar surface area (TPSA) is 53.5 Å². The highest BCUT2D eigenvalue weighted by Gasteiger charge is 2.43. The summed E-state index contributed by atoms with van der Waals surface area (Å²) in [5.41, 5.74) is 3.80. The quantitative estimate of drug-likeness (QED) is 0.575. The lowest BCUT2D eigenvalue weighted by molar-refractivity contribution is -0.146. The van der Waals surface area contributed by atoms with Crippen molar-refractivity contribution in [2.24, 2.45) is 5.41 Å². The number of aromatic nitrogens is 1. The first kappa shape index (κ1) is 22.7. The fourth-order valence-corrected chi connectivity index (χ4v) is 4.73.